The molecule has 0 radical (unpaired) electrons. The molecule has 17 heteroatoms. The number of benzene rings is 3. The van der Waals surface area contributed by atoms with Crippen LogP contribution in [0.5, 0.6) is 0 Å². The van der Waals surface area contributed by atoms with E-state index >= 15 is 0 Å². The second-order valence-electron chi connectivity index (χ2n) is 11.1. The third-order valence-corrected chi connectivity index (χ3v) is 6.11. The lowest BCUT2D eigenvalue weighted by Crippen LogP contribution is -2.45. The highest BCUT2D eigenvalue weighted by Crippen LogP contribution is 2.29. The highest BCUT2D eigenvalue weighted by Gasteiger charge is 2.22. The van der Waals surface area contributed by atoms with E-state index in [4.69, 9.17) is 20.2 Å². The van der Waals surface area contributed by atoms with Crippen LogP contribution in [0.2, 0.25) is 0 Å². The molecule has 0 aromatic heterocycles. The predicted octanol–water partition coefficient (Wildman–Crippen LogP) is 2.91. The number of nitrogen functional groups attached to an aromatic ring is 1. The van der Waals surface area contributed by atoms with E-state index < -0.39 is 32.1 Å². The van der Waals surface area contributed by atoms with Crippen LogP contribution in [0.25, 0.3) is 11.1 Å². The van der Waals surface area contributed by atoms with Crippen molar-refractivity contribution in [2.45, 2.75) is 19.9 Å². The van der Waals surface area contributed by atoms with Crippen molar-refractivity contribution in [1.29, 1.82) is 5.41 Å². The molecule has 0 heterocycles. The molecule has 0 saturated carbocycles. The lowest BCUT2D eigenvalue weighted by Gasteiger charge is -2.25. The number of aromatic carboxylic acids is 1. The number of carboxylic acids is 1. The highest BCUT2D eigenvalue weighted by atomic mass is 32.2. The molecule has 3 rings (SSSR count). The minimum absolute atomic E-state index is 0.0797. The zero-order valence-electron chi connectivity index (χ0n) is 27.3. The first-order valence-electron chi connectivity index (χ1n) is 14.0. The Labute approximate surface area is 280 Å². The number of nitrogens with two attached hydrogens (primary N) is 1. The highest BCUT2D eigenvalue weighted by molar-refractivity contribution is 7.85. The molecule has 1 unspecified atom stereocenters. The number of carbonyl (C=O) groups excluding carboxylic acids is 2. The second-order valence-corrected chi connectivity index (χ2v) is 14.0. The van der Waals surface area contributed by atoms with Crippen molar-refractivity contribution < 1.29 is 45.4 Å². The number of nitrogens with zero attached hydrogens (tertiary/aromatic N) is 1. The van der Waals surface area contributed by atoms with Crippen molar-refractivity contribution in [2.75, 3.05) is 38.5 Å². The summed E-state index contributed by atoms with van der Waals surface area (Å²) in [7, 11) is -3.48. The summed E-state index contributed by atoms with van der Waals surface area (Å²) in [5, 5.41) is 23.3. The van der Waals surface area contributed by atoms with E-state index in [1.54, 1.807) is 60.7 Å². The van der Waals surface area contributed by atoms with Crippen molar-refractivity contribution in [3.05, 3.63) is 89.0 Å². The molecule has 0 aliphatic carbocycles. The number of anilines is 1. The Morgan fingerprint density at radius 1 is 0.812 bits per heavy atom. The summed E-state index contributed by atoms with van der Waals surface area (Å²) >= 11 is 0. The molecule has 48 heavy (non-hydrogen) atoms. The molecule has 0 aliphatic heterocycles. The van der Waals surface area contributed by atoms with Gasteiger partial charge in [-0.1, -0.05) is 38.1 Å². The zero-order chi connectivity index (χ0) is 37.0. The number of hydrogen-bond acceptors (Lipinski definition) is 9. The van der Waals surface area contributed by atoms with E-state index in [1.165, 1.54) is 6.07 Å². The average molecular weight is 708 g/mol. The van der Waals surface area contributed by atoms with Gasteiger partial charge in [-0.2, -0.15) is 16.8 Å². The van der Waals surface area contributed by atoms with Gasteiger partial charge in [-0.05, 0) is 73.6 Å². The summed E-state index contributed by atoms with van der Waals surface area (Å²) in [6.45, 7) is 4.67. The van der Waals surface area contributed by atoms with Crippen LogP contribution >= 0.6 is 0 Å². The number of likely N-dealkylation sites (N-methyl/N-ethyl adjacent to an activating group) is 1. The van der Waals surface area contributed by atoms with Gasteiger partial charge in [0.25, 0.3) is 32.1 Å². The number of carbonyl (C=O) groups is 3. The fraction of sp³-hybridized carbons (Fsp3) is 0.290. The summed E-state index contributed by atoms with van der Waals surface area (Å²) < 4.78 is 51.7. The monoisotopic (exact) mass is 707 g/mol. The topological polar surface area (TPSA) is 257 Å². The third-order valence-electron chi connectivity index (χ3n) is 6.11. The third kappa shape index (κ3) is 15.7. The smallest absolute Gasteiger partial charge is 0.336 e. The molecular formula is C31H41N5O10S2. The van der Waals surface area contributed by atoms with Crippen molar-refractivity contribution in [3.63, 3.8) is 0 Å². The maximum absolute atomic E-state index is 13.2. The van der Waals surface area contributed by atoms with Crippen LogP contribution in [-0.2, 0) is 20.2 Å². The van der Waals surface area contributed by atoms with Crippen LogP contribution in [0.4, 0.5) is 5.69 Å². The fourth-order valence-electron chi connectivity index (χ4n) is 4.01. The average Bonchev–Trinajstić information content (AvgIpc) is 2.94. The first-order valence-corrected chi connectivity index (χ1v) is 17.7. The van der Waals surface area contributed by atoms with Gasteiger partial charge in [0.05, 0.1) is 18.1 Å². The first kappa shape index (κ1) is 41.3. The minimum atomic E-state index is -3.67. The first-order chi connectivity index (χ1) is 22.0. The Hall–Kier alpha value is -4.68. The Kier molecular flexibility index (Phi) is 15.5. The molecule has 8 N–H and O–H groups in total. The normalized spacial score (nSPS) is 11.7. The van der Waals surface area contributed by atoms with E-state index in [9.17, 15) is 36.3 Å². The minimum Gasteiger partial charge on any atom is -0.478 e. The Morgan fingerprint density at radius 2 is 1.29 bits per heavy atom. The molecule has 262 valence electrons. The lowest BCUT2D eigenvalue weighted by atomic mass is 9.93. The van der Waals surface area contributed by atoms with E-state index in [0.717, 1.165) is 0 Å². The summed E-state index contributed by atoms with van der Waals surface area (Å²) in [4.78, 5) is 40.4. The number of hydrogen-bond donors (Lipinski definition) is 7. The molecule has 0 bridgehead atoms. The molecule has 3 aromatic carbocycles. The SMILES string of the molecule is CC(C)C(CN(C)C)NC(=O)c1ccc(-c2ccccc2C(=O)Nc2ccc(C(=N)N)cc2)c(C(=O)O)c1.CS(=O)(=O)O.CS(=O)(=O)O. The maximum Gasteiger partial charge on any atom is 0.336 e. The van der Waals surface area contributed by atoms with Crippen LogP contribution in [-0.4, -0.2) is 98.8 Å². The fourth-order valence-corrected chi connectivity index (χ4v) is 4.01. The molecule has 15 nitrogen and oxygen atoms in total. The van der Waals surface area contributed by atoms with Crippen molar-refractivity contribution in [1.82, 2.24) is 10.2 Å². The van der Waals surface area contributed by atoms with Gasteiger partial charge in [0.1, 0.15) is 5.84 Å². The molecule has 3 aromatic rings. The van der Waals surface area contributed by atoms with Crippen LogP contribution < -0.4 is 16.4 Å². The maximum atomic E-state index is 13.2. The van der Waals surface area contributed by atoms with Gasteiger partial charge >= 0.3 is 5.97 Å². The molecule has 0 spiro atoms. The molecule has 0 aliphatic rings. The Bertz CT molecular complexity index is 1780. The molecule has 2 amide bonds. The van der Waals surface area contributed by atoms with E-state index in [2.05, 4.69) is 10.6 Å². The van der Waals surface area contributed by atoms with Gasteiger partial charge in [-0.3, -0.25) is 24.1 Å². The van der Waals surface area contributed by atoms with Gasteiger partial charge in [0.15, 0.2) is 0 Å². The summed E-state index contributed by atoms with van der Waals surface area (Å²) in [6, 6.07) is 17.6. The van der Waals surface area contributed by atoms with Crippen molar-refractivity contribution >= 4 is 49.5 Å². The quantitative estimate of drug-likeness (QED) is 0.0912. The van der Waals surface area contributed by atoms with Crippen LogP contribution in [0.15, 0.2) is 66.7 Å². The van der Waals surface area contributed by atoms with E-state index in [0.29, 0.717) is 41.4 Å². The number of amides is 2. The summed E-state index contributed by atoms with van der Waals surface area (Å²) in [5.41, 5.74) is 7.66. The van der Waals surface area contributed by atoms with Crippen LogP contribution in [0, 0.1) is 11.3 Å². The van der Waals surface area contributed by atoms with Crippen LogP contribution in [0.3, 0.4) is 0 Å². The predicted molar refractivity (Wildman–Crippen MR) is 184 cm³/mol. The summed E-state index contributed by atoms with van der Waals surface area (Å²) in [6.07, 6.45) is 1.43. The molecular weight excluding hydrogens is 667 g/mol. The number of carboxylic acid groups (broad SMARTS) is 1. The Balaban J connectivity index is 0.00000100. The molecule has 0 saturated heterocycles. The molecule has 0 fully saturated rings. The standard InChI is InChI=1S/C29H33N5O4.2CH4O3S/c1-17(2)25(16-34(3)4)33-27(35)19-11-14-22(24(15-19)29(37)38)21-7-5-6-8-23(21)28(36)32-20-12-9-18(10-13-20)26(30)31;2*1-5(2,3)4/h5-15,17,25H,16H2,1-4H3,(H3,30,31)(H,32,36)(H,33,35)(H,37,38);2*1H3,(H,2,3,4). The van der Waals surface area contributed by atoms with Gasteiger partial charge in [0, 0.05) is 35.0 Å². The number of rotatable bonds is 10. The van der Waals surface area contributed by atoms with Gasteiger partial charge in [0.2, 0.25) is 0 Å². The van der Waals surface area contributed by atoms with Crippen LogP contribution in [0.1, 0.15) is 50.5 Å². The van der Waals surface area contributed by atoms with Gasteiger partial charge in [-0.25, -0.2) is 4.79 Å². The van der Waals surface area contributed by atoms with Gasteiger partial charge in [-0.15, -0.1) is 0 Å². The second kappa shape index (κ2) is 18.0. The van der Waals surface area contributed by atoms with Gasteiger partial charge < -0.3 is 26.4 Å². The number of nitrogens with one attached hydrogen (secondary N) is 3. The van der Waals surface area contributed by atoms with E-state index in [-0.39, 0.29) is 40.4 Å². The van der Waals surface area contributed by atoms with Crippen molar-refractivity contribution in [3.8, 4) is 11.1 Å². The largest absolute Gasteiger partial charge is 0.478 e. The zero-order valence-corrected chi connectivity index (χ0v) is 28.9. The summed E-state index contributed by atoms with van der Waals surface area (Å²) in [5.74, 6) is -1.90. The van der Waals surface area contributed by atoms with Crippen molar-refractivity contribution in [2.24, 2.45) is 11.7 Å². The lowest BCUT2D eigenvalue weighted by molar-refractivity contribution is 0.0697. The Morgan fingerprint density at radius 3 is 1.75 bits per heavy atom. The molecule has 1 atom stereocenters. The van der Waals surface area contributed by atoms with E-state index in [1.807, 2.05) is 32.8 Å². The number of amidine groups is 1.